The van der Waals surface area contributed by atoms with Crippen molar-refractivity contribution in [2.45, 2.75) is 44.9 Å². The maximum absolute atomic E-state index is 14.9. The number of pyridine rings is 1. The molecule has 3 aromatic rings. The van der Waals surface area contributed by atoms with Gasteiger partial charge >= 0.3 is 0 Å². The second-order valence-electron chi connectivity index (χ2n) is 10.1. The molecule has 0 N–H and O–H groups in total. The van der Waals surface area contributed by atoms with Gasteiger partial charge in [-0.05, 0) is 42.2 Å². The van der Waals surface area contributed by atoms with Crippen LogP contribution in [0.2, 0.25) is 0 Å². The average Bonchev–Trinajstić information content (AvgIpc) is 2.89. The van der Waals surface area contributed by atoms with Crippen molar-refractivity contribution >= 4 is 10.9 Å². The Kier molecular flexibility index (Phi) is 8.22. The van der Waals surface area contributed by atoms with Crippen LogP contribution in [0.4, 0.5) is 13.2 Å². The van der Waals surface area contributed by atoms with Gasteiger partial charge in [0.25, 0.3) is 0 Å². The van der Waals surface area contributed by atoms with Gasteiger partial charge < -0.3 is 26.2 Å². The third-order valence-electron chi connectivity index (χ3n) is 8.31. The first-order valence-electron chi connectivity index (χ1n) is 12.5. The average molecular weight is 561 g/mol. The zero-order valence-corrected chi connectivity index (χ0v) is 22.1. The third-order valence-corrected chi connectivity index (χ3v) is 8.31. The Morgan fingerprint density at radius 2 is 1.94 bits per heavy atom. The molecule has 0 radical (unpaired) electrons. The molecule has 0 aliphatic carbocycles. The fourth-order valence-corrected chi connectivity index (χ4v) is 6.62. The van der Waals surface area contributed by atoms with Crippen LogP contribution in [-0.2, 0) is 11.3 Å². The van der Waals surface area contributed by atoms with Crippen molar-refractivity contribution in [1.29, 1.82) is 0 Å². The Morgan fingerprint density at radius 3 is 2.72 bits per heavy atom. The van der Waals surface area contributed by atoms with Crippen LogP contribution >= 0.6 is 0 Å². The molecule has 2 aromatic carbocycles. The molecule has 3 aliphatic heterocycles. The standard InChI is InChI=1S/C29H32F3N2O.BrH/c1-3-15-35-29(23-11-13-33-25-8-6-5-7-22(23)25)26-16-20-12-14-34(26,17-19(20)4-2)18-21-9-10-24(30)28(32)27(21)31;/h3,5-11,13,19-20,26,29H,1,4,12,14-18H2,2H3;1H/q+1;/p-1/t19?,20?,26?,29-,34?;/m1./s1. The molecule has 7 heteroatoms. The quantitative estimate of drug-likeness (QED) is 0.238. The molecule has 6 rings (SSSR count). The van der Waals surface area contributed by atoms with Crippen molar-refractivity contribution in [3.8, 4) is 0 Å². The minimum Gasteiger partial charge on any atom is -1.00 e. The number of para-hydroxylation sites is 1. The van der Waals surface area contributed by atoms with Gasteiger partial charge in [-0.25, -0.2) is 13.2 Å². The lowest BCUT2D eigenvalue weighted by atomic mass is 9.70. The molecule has 0 amide bonds. The van der Waals surface area contributed by atoms with Crippen molar-refractivity contribution in [2.24, 2.45) is 11.8 Å². The largest absolute Gasteiger partial charge is 1.00 e. The van der Waals surface area contributed by atoms with Crippen molar-refractivity contribution < 1.29 is 39.4 Å². The third kappa shape index (κ3) is 4.73. The topological polar surface area (TPSA) is 22.1 Å². The summed E-state index contributed by atoms with van der Waals surface area (Å²) in [5.41, 5.74) is 2.19. The van der Waals surface area contributed by atoms with E-state index in [2.05, 4.69) is 24.6 Å². The van der Waals surface area contributed by atoms with Gasteiger partial charge in [0.1, 0.15) is 18.7 Å². The predicted molar refractivity (Wildman–Crippen MR) is 131 cm³/mol. The number of hydrogen-bond acceptors (Lipinski definition) is 2. The summed E-state index contributed by atoms with van der Waals surface area (Å²) in [6, 6.07) is 12.5. The minimum atomic E-state index is -1.39. The van der Waals surface area contributed by atoms with Crippen LogP contribution in [0.3, 0.4) is 0 Å². The van der Waals surface area contributed by atoms with Crippen LogP contribution < -0.4 is 17.0 Å². The van der Waals surface area contributed by atoms with Gasteiger partial charge in [-0.1, -0.05) is 31.2 Å². The van der Waals surface area contributed by atoms with E-state index < -0.39 is 17.5 Å². The molecule has 5 atom stereocenters. The van der Waals surface area contributed by atoms with E-state index in [9.17, 15) is 13.2 Å². The lowest BCUT2D eigenvalue weighted by Gasteiger charge is -2.59. The highest BCUT2D eigenvalue weighted by molar-refractivity contribution is 5.82. The number of nitrogens with zero attached hydrogens (tertiary/aromatic N) is 2. The molecule has 3 nitrogen and oxygen atoms in total. The zero-order chi connectivity index (χ0) is 24.6. The monoisotopic (exact) mass is 560 g/mol. The lowest BCUT2D eigenvalue weighted by Crippen LogP contribution is -3.00. The highest BCUT2D eigenvalue weighted by Crippen LogP contribution is 2.49. The predicted octanol–water partition coefficient (Wildman–Crippen LogP) is 3.74. The van der Waals surface area contributed by atoms with Gasteiger partial charge in [-0.3, -0.25) is 4.98 Å². The van der Waals surface area contributed by atoms with Crippen molar-refractivity contribution in [1.82, 2.24) is 4.98 Å². The number of quaternary nitrogens is 1. The molecule has 3 saturated heterocycles. The van der Waals surface area contributed by atoms with Crippen molar-refractivity contribution in [3.63, 3.8) is 0 Å². The second-order valence-corrected chi connectivity index (χ2v) is 10.1. The van der Waals surface area contributed by atoms with Gasteiger partial charge in [0.2, 0.25) is 0 Å². The van der Waals surface area contributed by atoms with Crippen molar-refractivity contribution in [2.75, 3.05) is 19.7 Å². The maximum Gasteiger partial charge on any atom is 0.194 e. The smallest absolute Gasteiger partial charge is 0.194 e. The molecule has 3 aliphatic rings. The molecule has 0 saturated carbocycles. The lowest BCUT2D eigenvalue weighted by molar-refractivity contribution is -0.986. The number of piperidine rings is 3. The maximum atomic E-state index is 14.9. The molecule has 4 unspecified atom stereocenters. The van der Waals surface area contributed by atoms with Crippen LogP contribution in [0.1, 0.15) is 43.4 Å². The van der Waals surface area contributed by atoms with E-state index in [0.29, 0.717) is 29.5 Å². The molecule has 36 heavy (non-hydrogen) atoms. The number of ether oxygens (including phenoxy) is 1. The van der Waals surface area contributed by atoms with Gasteiger partial charge in [-0.2, -0.15) is 0 Å². The number of hydrogen-bond donors (Lipinski definition) is 0. The van der Waals surface area contributed by atoms with Crippen molar-refractivity contribution in [3.05, 3.63) is 89.9 Å². The number of rotatable bonds is 8. The molecule has 4 heterocycles. The summed E-state index contributed by atoms with van der Waals surface area (Å²) >= 11 is 0. The summed E-state index contributed by atoms with van der Waals surface area (Å²) in [4.78, 5) is 4.53. The number of aromatic nitrogens is 1. The first kappa shape index (κ1) is 26.8. The van der Waals surface area contributed by atoms with Crippen LogP contribution in [0, 0.1) is 29.3 Å². The normalized spacial score (nSPS) is 25.9. The number of benzene rings is 2. The number of halogens is 4. The van der Waals surface area contributed by atoms with Crippen LogP contribution in [0.15, 0.2) is 61.3 Å². The van der Waals surface area contributed by atoms with E-state index in [4.69, 9.17) is 4.74 Å². The summed E-state index contributed by atoms with van der Waals surface area (Å²) in [7, 11) is 0. The summed E-state index contributed by atoms with van der Waals surface area (Å²) in [5, 5.41) is 1.04. The molecule has 0 spiro atoms. The van der Waals surface area contributed by atoms with Gasteiger partial charge in [-0.15, -0.1) is 6.58 Å². The Hall–Kier alpha value is -2.22. The number of fused-ring (bicyclic) bond motifs is 4. The fourth-order valence-electron chi connectivity index (χ4n) is 6.62. The summed E-state index contributed by atoms with van der Waals surface area (Å²) in [6.45, 7) is 8.50. The summed E-state index contributed by atoms with van der Waals surface area (Å²) in [5.74, 6) is -2.53. The molecular formula is C29H32BrF3N2O. The highest BCUT2D eigenvalue weighted by Gasteiger charge is 2.55. The van der Waals surface area contributed by atoms with Gasteiger partial charge in [0.15, 0.2) is 17.5 Å². The SMILES string of the molecule is C=CCO[C@H](c1ccnc2ccccc12)C1CC2CC[N+]1(Cc1ccc(F)c(F)c1F)CC2CC.[Br-]. The van der Waals surface area contributed by atoms with Crippen LogP contribution in [-0.4, -0.2) is 35.2 Å². The Labute approximate surface area is 221 Å². The first-order chi connectivity index (χ1) is 17.0. The van der Waals surface area contributed by atoms with Gasteiger partial charge in [0.05, 0.1) is 25.2 Å². The molecule has 1 aromatic heterocycles. The zero-order valence-electron chi connectivity index (χ0n) is 20.5. The van der Waals surface area contributed by atoms with E-state index in [0.717, 1.165) is 54.9 Å². The van der Waals surface area contributed by atoms with Gasteiger partial charge in [0, 0.05) is 35.9 Å². The van der Waals surface area contributed by atoms with Crippen LogP contribution in [0.5, 0.6) is 0 Å². The summed E-state index contributed by atoms with van der Waals surface area (Å²) in [6.07, 6.45) is 6.35. The van der Waals surface area contributed by atoms with E-state index in [-0.39, 0.29) is 34.7 Å². The Morgan fingerprint density at radius 1 is 1.14 bits per heavy atom. The molecule has 3 fully saturated rings. The molecule has 2 bridgehead atoms. The van der Waals surface area contributed by atoms with Crippen LogP contribution in [0.25, 0.3) is 10.9 Å². The Bertz CT molecular complexity index is 1230. The van der Waals surface area contributed by atoms with E-state index in [1.165, 1.54) is 6.07 Å². The van der Waals surface area contributed by atoms with E-state index in [1.807, 2.05) is 30.5 Å². The minimum absolute atomic E-state index is 0. The second kappa shape index (κ2) is 11.0. The fraction of sp³-hybridized carbons (Fsp3) is 0.414. The molecular weight excluding hydrogens is 529 g/mol. The van der Waals surface area contributed by atoms with E-state index >= 15 is 0 Å². The summed E-state index contributed by atoms with van der Waals surface area (Å²) < 4.78 is 49.9. The Balaban J connectivity index is 0.00000304. The first-order valence-corrected chi connectivity index (χ1v) is 12.5. The van der Waals surface area contributed by atoms with E-state index in [1.54, 1.807) is 6.08 Å². The highest BCUT2D eigenvalue weighted by atomic mass is 79.9. The molecule has 192 valence electrons.